The Kier molecular flexibility index (Phi) is 7.02. The maximum Gasteiger partial charge on any atom is 0.0701 e. The molecular weight excluding hydrogens is 404 g/mol. The summed E-state index contributed by atoms with van der Waals surface area (Å²) in [5.74, 6) is 0. The Balaban J connectivity index is 2.05. The van der Waals surface area contributed by atoms with E-state index in [0.29, 0.717) is 26.2 Å². The molecule has 0 bridgehead atoms. The summed E-state index contributed by atoms with van der Waals surface area (Å²) >= 11 is 0. The number of hydrogen-bond acceptors (Lipinski definition) is 4. The van der Waals surface area contributed by atoms with Gasteiger partial charge >= 0.3 is 0 Å². The van der Waals surface area contributed by atoms with Crippen LogP contribution in [0.2, 0.25) is 0 Å². The van der Waals surface area contributed by atoms with Crippen molar-refractivity contribution in [2.24, 2.45) is 22.9 Å². The highest BCUT2D eigenvalue weighted by Gasteiger charge is 2.38. The Morgan fingerprint density at radius 1 is 0.333 bits per heavy atom. The van der Waals surface area contributed by atoms with Gasteiger partial charge < -0.3 is 22.9 Å². The average molecular weight is 437 g/mol. The summed E-state index contributed by atoms with van der Waals surface area (Å²) in [6.45, 7) is 2.04. The van der Waals surface area contributed by atoms with Gasteiger partial charge in [-0.25, -0.2) is 0 Å². The zero-order valence-electron chi connectivity index (χ0n) is 18.9. The maximum atomic E-state index is 5.90. The van der Waals surface area contributed by atoms with E-state index in [1.165, 1.54) is 22.3 Å². The molecule has 0 aliphatic carbocycles. The molecule has 0 saturated heterocycles. The van der Waals surface area contributed by atoms with Gasteiger partial charge in [0.2, 0.25) is 0 Å². The lowest BCUT2D eigenvalue weighted by molar-refractivity contribution is 0.741. The molecule has 0 unspecified atom stereocenters. The van der Waals surface area contributed by atoms with E-state index in [9.17, 15) is 0 Å². The van der Waals surface area contributed by atoms with E-state index in [2.05, 4.69) is 97.1 Å². The van der Waals surface area contributed by atoms with Crippen LogP contribution in [0.4, 0.5) is 0 Å². The molecule has 0 fully saturated rings. The molecule has 8 N–H and O–H groups in total. The first-order chi connectivity index (χ1) is 16.1. The lowest BCUT2D eigenvalue weighted by atomic mass is 9.65. The van der Waals surface area contributed by atoms with Gasteiger partial charge in [-0.3, -0.25) is 0 Å². The topological polar surface area (TPSA) is 104 Å². The van der Waals surface area contributed by atoms with E-state index in [-0.39, 0.29) is 0 Å². The Hall–Kier alpha value is -3.28. The van der Waals surface area contributed by atoms with Gasteiger partial charge in [-0.15, -0.1) is 0 Å². The van der Waals surface area contributed by atoms with E-state index in [4.69, 9.17) is 22.9 Å². The molecular formula is C29H32N4. The van der Waals surface area contributed by atoms with Crippen LogP contribution in [0.25, 0.3) is 0 Å². The first-order valence-corrected chi connectivity index (χ1v) is 11.3. The predicted octanol–water partition coefficient (Wildman–Crippen LogP) is 3.90. The molecule has 0 aromatic heterocycles. The Morgan fingerprint density at radius 2 is 0.515 bits per heavy atom. The Bertz CT molecular complexity index is 967. The summed E-state index contributed by atoms with van der Waals surface area (Å²) in [4.78, 5) is 0. The molecule has 0 atom stereocenters. The monoisotopic (exact) mass is 436 g/mol. The minimum Gasteiger partial charge on any atom is -0.326 e. The third kappa shape index (κ3) is 4.34. The van der Waals surface area contributed by atoms with Gasteiger partial charge in [0.25, 0.3) is 0 Å². The van der Waals surface area contributed by atoms with Crippen molar-refractivity contribution in [3.8, 4) is 0 Å². The van der Waals surface area contributed by atoms with Gasteiger partial charge in [-0.2, -0.15) is 0 Å². The summed E-state index contributed by atoms with van der Waals surface area (Å²) in [5.41, 5.74) is 32.2. The maximum absolute atomic E-state index is 5.90. The van der Waals surface area contributed by atoms with E-state index in [1.54, 1.807) is 0 Å². The summed E-state index contributed by atoms with van der Waals surface area (Å²) in [6.07, 6.45) is 0. The Morgan fingerprint density at radius 3 is 0.667 bits per heavy atom. The van der Waals surface area contributed by atoms with Crippen LogP contribution in [0.5, 0.6) is 0 Å². The first kappa shape index (κ1) is 22.9. The second-order valence-corrected chi connectivity index (χ2v) is 8.35. The smallest absolute Gasteiger partial charge is 0.0701 e. The quantitative estimate of drug-likeness (QED) is 0.314. The molecule has 0 spiro atoms. The highest BCUT2D eigenvalue weighted by atomic mass is 14.5. The molecule has 168 valence electrons. The van der Waals surface area contributed by atoms with Gasteiger partial charge in [0.15, 0.2) is 0 Å². The van der Waals surface area contributed by atoms with Gasteiger partial charge in [0.1, 0.15) is 0 Å². The second-order valence-electron chi connectivity index (χ2n) is 8.35. The normalized spacial score (nSPS) is 11.5. The SMILES string of the molecule is NCc1ccc(C(c2ccc(CN)cc2)(c2ccc(CN)cc2)c2ccc(CN)cc2)cc1. The van der Waals surface area contributed by atoms with E-state index in [0.717, 1.165) is 22.3 Å². The van der Waals surface area contributed by atoms with Crippen LogP contribution in [-0.4, -0.2) is 0 Å². The fraction of sp³-hybridized carbons (Fsp3) is 0.172. The lowest BCUT2D eigenvalue weighted by Crippen LogP contribution is -2.31. The molecule has 0 amide bonds. The molecule has 4 heteroatoms. The van der Waals surface area contributed by atoms with Crippen LogP contribution in [-0.2, 0) is 31.6 Å². The van der Waals surface area contributed by atoms with Gasteiger partial charge in [0, 0.05) is 26.2 Å². The zero-order chi connectivity index (χ0) is 23.3. The minimum atomic E-state index is -0.527. The van der Waals surface area contributed by atoms with Crippen LogP contribution >= 0.6 is 0 Å². The number of benzene rings is 4. The van der Waals surface area contributed by atoms with Crippen LogP contribution in [0.15, 0.2) is 97.1 Å². The predicted molar refractivity (Wildman–Crippen MR) is 136 cm³/mol. The van der Waals surface area contributed by atoms with E-state index >= 15 is 0 Å². The van der Waals surface area contributed by atoms with Crippen molar-refractivity contribution < 1.29 is 0 Å². The number of hydrogen-bond donors (Lipinski definition) is 4. The molecule has 0 radical (unpaired) electrons. The van der Waals surface area contributed by atoms with Crippen LogP contribution in [0.1, 0.15) is 44.5 Å². The molecule has 33 heavy (non-hydrogen) atoms. The van der Waals surface area contributed by atoms with Crippen molar-refractivity contribution in [3.63, 3.8) is 0 Å². The van der Waals surface area contributed by atoms with Crippen molar-refractivity contribution in [2.75, 3.05) is 0 Å². The van der Waals surface area contributed by atoms with Crippen molar-refractivity contribution in [1.82, 2.24) is 0 Å². The van der Waals surface area contributed by atoms with Gasteiger partial charge in [-0.05, 0) is 44.5 Å². The average Bonchev–Trinajstić information content (AvgIpc) is 2.90. The van der Waals surface area contributed by atoms with Crippen LogP contribution in [0.3, 0.4) is 0 Å². The molecule has 4 aromatic carbocycles. The van der Waals surface area contributed by atoms with Crippen LogP contribution < -0.4 is 22.9 Å². The molecule has 0 aliphatic rings. The molecule has 0 aliphatic heterocycles. The molecule has 0 heterocycles. The highest BCUT2D eigenvalue weighted by molar-refractivity contribution is 5.60. The van der Waals surface area contributed by atoms with E-state index in [1.807, 2.05) is 0 Å². The van der Waals surface area contributed by atoms with Crippen molar-refractivity contribution in [3.05, 3.63) is 142 Å². The van der Waals surface area contributed by atoms with Gasteiger partial charge in [0.05, 0.1) is 5.41 Å². The van der Waals surface area contributed by atoms with Crippen molar-refractivity contribution in [1.29, 1.82) is 0 Å². The third-order valence-electron chi connectivity index (χ3n) is 6.49. The second kappa shape index (κ2) is 10.1. The number of rotatable bonds is 8. The zero-order valence-corrected chi connectivity index (χ0v) is 18.9. The summed E-state index contributed by atoms with van der Waals surface area (Å²) in [7, 11) is 0. The molecule has 0 saturated carbocycles. The third-order valence-corrected chi connectivity index (χ3v) is 6.49. The standard InChI is InChI=1S/C29H32N4/c30-17-21-1-9-25(10-2-21)29(26-11-3-22(18-31)4-12-26,27-13-5-23(19-32)6-14-27)28-15-7-24(20-33)8-16-28/h1-16H,17-20,30-33H2. The Labute approximate surface area is 196 Å². The fourth-order valence-electron chi connectivity index (χ4n) is 4.56. The fourth-order valence-corrected chi connectivity index (χ4v) is 4.56. The molecule has 4 rings (SSSR count). The lowest BCUT2D eigenvalue weighted by Gasteiger charge is -2.37. The molecule has 4 aromatic rings. The highest BCUT2D eigenvalue weighted by Crippen LogP contribution is 2.45. The summed E-state index contributed by atoms with van der Waals surface area (Å²) in [6, 6.07) is 34.4. The summed E-state index contributed by atoms with van der Waals surface area (Å²) in [5, 5.41) is 0. The van der Waals surface area contributed by atoms with E-state index < -0.39 is 5.41 Å². The first-order valence-electron chi connectivity index (χ1n) is 11.3. The largest absolute Gasteiger partial charge is 0.326 e. The van der Waals surface area contributed by atoms with Crippen LogP contribution in [0, 0.1) is 0 Å². The van der Waals surface area contributed by atoms with Gasteiger partial charge in [-0.1, -0.05) is 97.1 Å². The summed E-state index contributed by atoms with van der Waals surface area (Å²) < 4.78 is 0. The van der Waals surface area contributed by atoms with Crippen molar-refractivity contribution >= 4 is 0 Å². The van der Waals surface area contributed by atoms with Crippen molar-refractivity contribution in [2.45, 2.75) is 31.6 Å². The molecule has 4 nitrogen and oxygen atoms in total. The minimum absolute atomic E-state index is 0.509. The number of nitrogens with two attached hydrogens (primary N) is 4.